The molecule has 0 atom stereocenters. The first-order chi connectivity index (χ1) is 17.5. The highest BCUT2D eigenvalue weighted by atomic mass is 32.2. The van der Waals surface area contributed by atoms with E-state index in [-0.39, 0.29) is 24.3 Å². The molecule has 1 heterocycles. The van der Waals surface area contributed by atoms with Crippen molar-refractivity contribution in [2.24, 2.45) is 0 Å². The van der Waals surface area contributed by atoms with Gasteiger partial charge in [-0.25, -0.2) is 0 Å². The highest BCUT2D eigenvalue weighted by molar-refractivity contribution is 7.88. The van der Waals surface area contributed by atoms with Gasteiger partial charge in [0, 0.05) is 5.56 Å². The van der Waals surface area contributed by atoms with Crippen molar-refractivity contribution in [2.45, 2.75) is 65.0 Å². The molecule has 3 aromatic rings. The zero-order valence-corrected chi connectivity index (χ0v) is 22.6. The summed E-state index contributed by atoms with van der Waals surface area (Å²) < 4.78 is 76.5. The maximum Gasteiger partial charge on any atom is 0.534 e. The van der Waals surface area contributed by atoms with Gasteiger partial charge >= 0.3 is 21.6 Å². The first kappa shape index (κ1) is 30.4. The van der Waals surface area contributed by atoms with E-state index in [0.29, 0.717) is 22.3 Å². The number of carbonyl (C=O) groups excluding carboxylic acids is 1. The lowest BCUT2D eigenvalue weighted by molar-refractivity contribution is -0.142. The molecule has 0 spiro atoms. The number of thiophene rings is 1. The Morgan fingerprint density at radius 1 is 0.973 bits per heavy atom. The summed E-state index contributed by atoms with van der Waals surface area (Å²) in [6.45, 7) is 6.31. The van der Waals surface area contributed by atoms with Gasteiger partial charge in [0.1, 0.15) is 12.4 Å². The van der Waals surface area contributed by atoms with E-state index in [1.807, 2.05) is 0 Å². The van der Waals surface area contributed by atoms with E-state index >= 15 is 0 Å². The molecule has 0 aliphatic heterocycles. The molecule has 1 aromatic heterocycles. The van der Waals surface area contributed by atoms with Gasteiger partial charge in [-0.15, -0.1) is 11.3 Å². The molecule has 6 nitrogen and oxygen atoms in total. The Bertz CT molecular complexity index is 1250. The molecule has 0 aliphatic rings. The number of hydrogen-bond donors (Lipinski definition) is 0. The van der Waals surface area contributed by atoms with Crippen molar-refractivity contribution in [3.8, 4) is 11.5 Å². The van der Waals surface area contributed by atoms with Gasteiger partial charge in [-0.1, -0.05) is 57.7 Å². The van der Waals surface area contributed by atoms with Crippen LogP contribution in [0.3, 0.4) is 0 Å². The Balaban J connectivity index is 0.000000717. The molecule has 11 heteroatoms. The van der Waals surface area contributed by atoms with Crippen molar-refractivity contribution in [1.82, 2.24) is 0 Å². The first-order valence-electron chi connectivity index (χ1n) is 11.9. The Labute approximate surface area is 219 Å². The number of ether oxygens (including phenoxy) is 2. The van der Waals surface area contributed by atoms with E-state index in [4.69, 9.17) is 9.47 Å². The van der Waals surface area contributed by atoms with Crippen molar-refractivity contribution in [2.75, 3.05) is 6.61 Å². The lowest BCUT2D eigenvalue weighted by Crippen LogP contribution is -2.28. The van der Waals surface area contributed by atoms with Crippen molar-refractivity contribution < 1.29 is 40.0 Å². The van der Waals surface area contributed by atoms with Crippen LogP contribution in [0.5, 0.6) is 11.5 Å². The van der Waals surface area contributed by atoms with Gasteiger partial charge in [0.2, 0.25) is 0 Å². The second-order valence-corrected chi connectivity index (χ2v) is 10.5. The van der Waals surface area contributed by atoms with Crippen LogP contribution in [0.25, 0.3) is 10.1 Å². The fourth-order valence-electron chi connectivity index (χ4n) is 3.24. The Kier molecular flexibility index (Phi) is 11.7. The predicted molar refractivity (Wildman–Crippen MR) is 138 cm³/mol. The van der Waals surface area contributed by atoms with Gasteiger partial charge in [0.25, 0.3) is 0 Å². The minimum Gasteiger partial charge on any atom is -0.489 e. The largest absolute Gasteiger partial charge is 0.534 e. The minimum atomic E-state index is -5.82. The summed E-state index contributed by atoms with van der Waals surface area (Å²) in [5.41, 5.74) is -4.58. The van der Waals surface area contributed by atoms with Crippen LogP contribution in [0, 0.1) is 0 Å². The zero-order chi connectivity index (χ0) is 27.5. The summed E-state index contributed by atoms with van der Waals surface area (Å²) in [6.07, 6.45) is 5.53. The van der Waals surface area contributed by atoms with E-state index in [0.717, 1.165) is 11.3 Å². The second kappa shape index (κ2) is 14.2. The van der Waals surface area contributed by atoms with Crippen LogP contribution >= 0.6 is 11.3 Å². The summed E-state index contributed by atoms with van der Waals surface area (Å²) in [5, 5.41) is 2.12. The molecule has 0 radical (unpaired) electrons. The van der Waals surface area contributed by atoms with E-state index in [2.05, 4.69) is 18.0 Å². The van der Waals surface area contributed by atoms with Gasteiger partial charge in [-0.05, 0) is 47.5 Å². The molecule has 0 fully saturated rings. The number of benzene rings is 2. The van der Waals surface area contributed by atoms with Crippen molar-refractivity contribution in [1.29, 1.82) is 0 Å². The van der Waals surface area contributed by atoms with E-state index in [1.165, 1.54) is 31.7 Å². The third-order valence-corrected chi connectivity index (χ3v) is 6.93. The van der Waals surface area contributed by atoms with Crippen molar-refractivity contribution in [3.05, 3.63) is 59.0 Å². The number of rotatable bonds is 11. The molecule has 0 N–H and O–H groups in total. The van der Waals surface area contributed by atoms with Crippen LogP contribution in [-0.4, -0.2) is 26.5 Å². The average Bonchev–Trinajstić information content (AvgIpc) is 3.31. The first-order valence-corrected chi connectivity index (χ1v) is 14.2. The Morgan fingerprint density at radius 2 is 1.65 bits per heavy atom. The van der Waals surface area contributed by atoms with Crippen LogP contribution < -0.4 is 8.92 Å². The zero-order valence-electron chi connectivity index (χ0n) is 21.0. The predicted octanol–water partition coefficient (Wildman–Crippen LogP) is 7.40. The van der Waals surface area contributed by atoms with Crippen LogP contribution in [0.2, 0.25) is 0 Å². The Morgan fingerprint density at radius 3 is 2.27 bits per heavy atom. The number of alkyl halides is 3. The standard InChI is InChI=1S/C20H17F3O6S2.C6H14/c1-2-27-18(24)11-14-5-3-4-6-16(14)28-12-13-9-15-7-8-30-19(15)17(10-13)29-31(25,26)20(21,22)23;1-3-5-6-4-2/h3-10H,2,11-12H2,1H3;3-6H2,1-2H3. The maximum absolute atomic E-state index is 12.7. The normalized spacial score (nSPS) is 11.5. The molecular weight excluding hydrogens is 529 g/mol. The van der Waals surface area contributed by atoms with E-state index in [1.54, 1.807) is 48.7 Å². The van der Waals surface area contributed by atoms with Gasteiger partial charge in [0.05, 0.1) is 17.7 Å². The molecule has 0 saturated heterocycles. The third kappa shape index (κ3) is 9.23. The Hall–Kier alpha value is -2.79. The van der Waals surface area contributed by atoms with Crippen LogP contribution in [0.1, 0.15) is 57.6 Å². The number of esters is 1. The number of hydrogen-bond acceptors (Lipinski definition) is 7. The highest BCUT2D eigenvalue weighted by Gasteiger charge is 2.48. The topological polar surface area (TPSA) is 78.9 Å². The third-order valence-electron chi connectivity index (χ3n) is 5.02. The lowest BCUT2D eigenvalue weighted by Gasteiger charge is -2.13. The summed E-state index contributed by atoms with van der Waals surface area (Å²) in [7, 11) is -5.82. The number of fused-ring (bicyclic) bond motifs is 1. The summed E-state index contributed by atoms with van der Waals surface area (Å²) >= 11 is 1.05. The molecule has 204 valence electrons. The smallest absolute Gasteiger partial charge is 0.489 e. The molecule has 0 aliphatic carbocycles. The molecule has 0 amide bonds. The molecule has 0 saturated carbocycles. The van der Waals surface area contributed by atoms with Gasteiger partial charge in [-0.3, -0.25) is 4.79 Å². The van der Waals surface area contributed by atoms with E-state index < -0.39 is 27.3 Å². The molecular formula is C26H31F3O6S2. The van der Waals surface area contributed by atoms with Crippen molar-refractivity contribution >= 4 is 37.5 Å². The number of para-hydroxylation sites is 1. The van der Waals surface area contributed by atoms with Gasteiger partial charge in [0.15, 0.2) is 5.75 Å². The number of halogens is 3. The second-order valence-electron chi connectivity index (χ2n) is 8.00. The van der Waals surface area contributed by atoms with E-state index in [9.17, 15) is 26.4 Å². The van der Waals surface area contributed by atoms with Crippen LogP contribution in [-0.2, 0) is 32.7 Å². The SMILES string of the molecule is CCCCCC.CCOC(=O)Cc1ccccc1OCc1cc(OS(=O)(=O)C(F)(F)F)c2sccc2c1. The fraction of sp³-hybridized carbons (Fsp3) is 0.423. The monoisotopic (exact) mass is 560 g/mol. The summed E-state index contributed by atoms with van der Waals surface area (Å²) in [4.78, 5) is 11.8. The number of unbranched alkanes of at least 4 members (excludes halogenated alkanes) is 3. The summed E-state index contributed by atoms with van der Waals surface area (Å²) in [6, 6.07) is 11.2. The molecule has 0 bridgehead atoms. The van der Waals surface area contributed by atoms with Crippen LogP contribution in [0.15, 0.2) is 47.8 Å². The van der Waals surface area contributed by atoms with Gasteiger partial charge in [-0.2, -0.15) is 21.6 Å². The number of carbonyl (C=O) groups is 1. The summed E-state index contributed by atoms with van der Waals surface area (Å²) in [5.74, 6) is -0.458. The quantitative estimate of drug-likeness (QED) is 0.105. The molecule has 0 unspecified atom stereocenters. The van der Waals surface area contributed by atoms with Gasteiger partial charge < -0.3 is 13.7 Å². The molecule has 3 rings (SSSR count). The average molecular weight is 561 g/mol. The van der Waals surface area contributed by atoms with Crippen LogP contribution in [0.4, 0.5) is 13.2 Å². The minimum absolute atomic E-state index is 0.00817. The highest BCUT2D eigenvalue weighted by Crippen LogP contribution is 2.36. The maximum atomic E-state index is 12.7. The molecule has 37 heavy (non-hydrogen) atoms. The lowest BCUT2D eigenvalue weighted by atomic mass is 10.1. The molecule has 2 aromatic carbocycles. The fourth-order valence-corrected chi connectivity index (χ4v) is 4.58. The van der Waals surface area contributed by atoms with Crippen molar-refractivity contribution in [3.63, 3.8) is 0 Å².